The number of nitrogens with one attached hydrogen (secondary N) is 1. The van der Waals surface area contributed by atoms with Crippen molar-refractivity contribution in [3.8, 4) is 0 Å². The predicted octanol–water partition coefficient (Wildman–Crippen LogP) is 3.88. The molecule has 82 valence electrons. The van der Waals surface area contributed by atoms with Crippen molar-refractivity contribution in [3.63, 3.8) is 0 Å². The van der Waals surface area contributed by atoms with E-state index >= 15 is 0 Å². The van der Waals surface area contributed by atoms with Gasteiger partial charge in [0.1, 0.15) is 0 Å². The fourth-order valence-corrected chi connectivity index (χ4v) is 1.62. The molecular weight excluding hydrogens is 206 g/mol. The van der Waals surface area contributed by atoms with Gasteiger partial charge in [-0.15, -0.1) is 6.58 Å². The normalized spacial score (nSPS) is 12.5. The van der Waals surface area contributed by atoms with Crippen LogP contribution in [0.1, 0.15) is 30.5 Å². The Balaban J connectivity index is 2.82. The van der Waals surface area contributed by atoms with Crippen LogP contribution in [0, 0.1) is 6.92 Å². The summed E-state index contributed by atoms with van der Waals surface area (Å²) >= 11 is 5.99. The number of halogens is 1. The average molecular weight is 224 g/mol. The van der Waals surface area contributed by atoms with Crippen LogP contribution in [0.4, 0.5) is 0 Å². The van der Waals surface area contributed by atoms with Crippen LogP contribution in [0.25, 0.3) is 0 Å². The minimum absolute atomic E-state index is 0.223. The number of benzene rings is 1. The molecule has 0 aromatic heterocycles. The molecule has 0 aliphatic rings. The second-order valence-electron chi connectivity index (χ2n) is 3.68. The Bertz CT molecular complexity index is 333. The fraction of sp³-hybridized carbons (Fsp3) is 0.385. The lowest BCUT2D eigenvalue weighted by molar-refractivity contribution is 0.613. The van der Waals surface area contributed by atoms with Crippen molar-refractivity contribution in [3.05, 3.63) is 47.0 Å². The first-order chi connectivity index (χ1) is 7.19. The third-order valence-corrected chi connectivity index (χ3v) is 2.82. The SMILES string of the molecule is C=CC(NCCC)c1ccc(Cl)c(C)c1. The Kier molecular flexibility index (Phi) is 4.86. The van der Waals surface area contributed by atoms with Gasteiger partial charge in [-0.2, -0.15) is 0 Å². The first-order valence-electron chi connectivity index (χ1n) is 5.31. The topological polar surface area (TPSA) is 12.0 Å². The molecule has 0 saturated heterocycles. The molecule has 0 radical (unpaired) electrons. The van der Waals surface area contributed by atoms with Gasteiger partial charge < -0.3 is 5.32 Å². The van der Waals surface area contributed by atoms with E-state index in [0.717, 1.165) is 23.6 Å². The summed E-state index contributed by atoms with van der Waals surface area (Å²) < 4.78 is 0. The fourth-order valence-electron chi connectivity index (χ4n) is 1.50. The summed E-state index contributed by atoms with van der Waals surface area (Å²) in [4.78, 5) is 0. The Morgan fingerprint density at radius 3 is 2.80 bits per heavy atom. The van der Waals surface area contributed by atoms with Gasteiger partial charge in [0.2, 0.25) is 0 Å². The third kappa shape index (κ3) is 3.37. The van der Waals surface area contributed by atoms with Gasteiger partial charge in [-0.1, -0.05) is 36.7 Å². The second-order valence-corrected chi connectivity index (χ2v) is 4.08. The van der Waals surface area contributed by atoms with E-state index < -0.39 is 0 Å². The monoisotopic (exact) mass is 223 g/mol. The molecular formula is C13H18ClN. The summed E-state index contributed by atoms with van der Waals surface area (Å²) in [5.74, 6) is 0. The lowest BCUT2D eigenvalue weighted by Gasteiger charge is -2.15. The Labute approximate surface area is 97.1 Å². The molecule has 0 amide bonds. The summed E-state index contributed by atoms with van der Waals surface area (Å²) in [5.41, 5.74) is 2.33. The molecule has 0 aliphatic carbocycles. The predicted molar refractivity (Wildman–Crippen MR) is 67.4 cm³/mol. The van der Waals surface area contributed by atoms with Crippen molar-refractivity contribution in [1.82, 2.24) is 5.32 Å². The Morgan fingerprint density at radius 1 is 1.53 bits per heavy atom. The molecule has 1 rings (SSSR count). The maximum absolute atomic E-state index is 5.99. The molecule has 0 saturated carbocycles. The maximum Gasteiger partial charge on any atom is 0.0503 e. The van der Waals surface area contributed by atoms with Crippen LogP contribution in [0.3, 0.4) is 0 Å². The maximum atomic E-state index is 5.99. The lowest BCUT2D eigenvalue weighted by Crippen LogP contribution is -2.20. The summed E-state index contributed by atoms with van der Waals surface area (Å²) in [6, 6.07) is 6.32. The van der Waals surface area contributed by atoms with Gasteiger partial charge in [0, 0.05) is 5.02 Å². The van der Waals surface area contributed by atoms with E-state index in [1.165, 1.54) is 5.56 Å². The zero-order valence-corrected chi connectivity index (χ0v) is 10.1. The molecule has 1 unspecified atom stereocenters. The van der Waals surface area contributed by atoms with Crippen LogP contribution in [-0.2, 0) is 0 Å². The van der Waals surface area contributed by atoms with E-state index in [4.69, 9.17) is 11.6 Å². The number of rotatable bonds is 5. The van der Waals surface area contributed by atoms with Crippen molar-refractivity contribution in [2.45, 2.75) is 26.3 Å². The van der Waals surface area contributed by atoms with Gasteiger partial charge >= 0.3 is 0 Å². The van der Waals surface area contributed by atoms with Crippen LogP contribution in [0.2, 0.25) is 5.02 Å². The van der Waals surface area contributed by atoms with E-state index in [0.29, 0.717) is 0 Å². The third-order valence-electron chi connectivity index (χ3n) is 2.39. The first-order valence-corrected chi connectivity index (χ1v) is 5.68. The van der Waals surface area contributed by atoms with Gasteiger partial charge in [0.15, 0.2) is 0 Å². The van der Waals surface area contributed by atoms with Crippen molar-refractivity contribution in [2.24, 2.45) is 0 Å². The molecule has 1 N–H and O–H groups in total. The lowest BCUT2D eigenvalue weighted by atomic mass is 10.0. The van der Waals surface area contributed by atoms with E-state index in [1.54, 1.807) is 0 Å². The van der Waals surface area contributed by atoms with E-state index in [-0.39, 0.29) is 6.04 Å². The van der Waals surface area contributed by atoms with Crippen LogP contribution in [0.5, 0.6) is 0 Å². The standard InChI is InChI=1S/C13H18ClN/c1-4-8-15-13(5-2)11-6-7-12(14)10(3)9-11/h5-7,9,13,15H,2,4,8H2,1,3H3. The first kappa shape index (κ1) is 12.3. The van der Waals surface area contributed by atoms with Crippen LogP contribution in [0.15, 0.2) is 30.9 Å². The van der Waals surface area contributed by atoms with Gasteiger partial charge in [0.05, 0.1) is 6.04 Å². The molecule has 0 spiro atoms. The second kappa shape index (κ2) is 5.94. The molecule has 1 atom stereocenters. The highest BCUT2D eigenvalue weighted by Crippen LogP contribution is 2.21. The summed E-state index contributed by atoms with van der Waals surface area (Å²) in [5, 5.41) is 4.24. The average Bonchev–Trinajstić information content (AvgIpc) is 2.24. The minimum Gasteiger partial charge on any atom is -0.307 e. The molecule has 0 aliphatic heterocycles. The van der Waals surface area contributed by atoms with Gasteiger partial charge in [-0.3, -0.25) is 0 Å². The molecule has 2 heteroatoms. The summed E-state index contributed by atoms with van der Waals surface area (Å²) in [6.45, 7) is 9.02. The van der Waals surface area contributed by atoms with Crippen LogP contribution in [-0.4, -0.2) is 6.54 Å². The number of hydrogen-bond donors (Lipinski definition) is 1. The number of aryl methyl sites for hydroxylation is 1. The van der Waals surface area contributed by atoms with Gasteiger partial charge in [-0.05, 0) is 37.1 Å². The highest BCUT2D eigenvalue weighted by Gasteiger charge is 2.06. The van der Waals surface area contributed by atoms with Crippen LogP contribution < -0.4 is 5.32 Å². The van der Waals surface area contributed by atoms with Gasteiger partial charge in [0.25, 0.3) is 0 Å². The molecule has 0 bridgehead atoms. The van der Waals surface area contributed by atoms with Gasteiger partial charge in [-0.25, -0.2) is 0 Å². The highest BCUT2D eigenvalue weighted by atomic mass is 35.5. The van der Waals surface area contributed by atoms with E-state index in [1.807, 2.05) is 25.1 Å². The summed E-state index contributed by atoms with van der Waals surface area (Å²) in [6.07, 6.45) is 3.05. The van der Waals surface area contributed by atoms with E-state index in [2.05, 4.69) is 24.9 Å². The minimum atomic E-state index is 0.223. The van der Waals surface area contributed by atoms with Crippen LogP contribution >= 0.6 is 11.6 Å². The molecule has 1 aromatic carbocycles. The smallest absolute Gasteiger partial charge is 0.0503 e. The van der Waals surface area contributed by atoms with Crippen molar-refractivity contribution >= 4 is 11.6 Å². The highest BCUT2D eigenvalue weighted by molar-refractivity contribution is 6.31. The molecule has 15 heavy (non-hydrogen) atoms. The van der Waals surface area contributed by atoms with Crippen molar-refractivity contribution in [1.29, 1.82) is 0 Å². The Morgan fingerprint density at radius 2 is 2.27 bits per heavy atom. The van der Waals surface area contributed by atoms with Crippen molar-refractivity contribution < 1.29 is 0 Å². The number of hydrogen-bond acceptors (Lipinski definition) is 1. The Hall–Kier alpha value is -0.790. The molecule has 0 heterocycles. The molecule has 1 aromatic rings. The van der Waals surface area contributed by atoms with Crippen molar-refractivity contribution in [2.75, 3.05) is 6.54 Å². The quantitative estimate of drug-likeness (QED) is 0.748. The van der Waals surface area contributed by atoms with E-state index in [9.17, 15) is 0 Å². The summed E-state index contributed by atoms with van der Waals surface area (Å²) in [7, 11) is 0. The molecule has 1 nitrogen and oxygen atoms in total. The molecule has 0 fully saturated rings. The zero-order chi connectivity index (χ0) is 11.3. The largest absolute Gasteiger partial charge is 0.307 e. The zero-order valence-electron chi connectivity index (χ0n) is 9.39.